The maximum Gasteiger partial charge on any atom is 0.118 e. The lowest BCUT2D eigenvalue weighted by Crippen LogP contribution is -2.12. The minimum absolute atomic E-state index is 0.199. The molecule has 0 aliphatic rings. The van der Waals surface area contributed by atoms with E-state index in [1.54, 1.807) is 19.1 Å². The van der Waals surface area contributed by atoms with E-state index in [1.165, 1.54) is 0 Å². The average Bonchev–Trinajstić information content (AvgIpc) is 2.10. The molecule has 4 N–H and O–H groups in total. The summed E-state index contributed by atoms with van der Waals surface area (Å²) in [4.78, 5) is 0. The Hall–Kier alpha value is -1.06. The van der Waals surface area contributed by atoms with Gasteiger partial charge in [0.1, 0.15) is 5.75 Å². The van der Waals surface area contributed by atoms with Crippen LogP contribution in [0.5, 0.6) is 5.75 Å². The third-order valence-electron chi connectivity index (χ3n) is 2.17. The number of phenols is 1. The van der Waals surface area contributed by atoms with Crippen LogP contribution in [0.4, 0.5) is 0 Å². The van der Waals surface area contributed by atoms with Gasteiger partial charge in [-0.25, -0.2) is 0 Å². The van der Waals surface area contributed by atoms with Gasteiger partial charge in [0.2, 0.25) is 0 Å². The van der Waals surface area contributed by atoms with Gasteiger partial charge in [-0.05, 0) is 42.7 Å². The summed E-state index contributed by atoms with van der Waals surface area (Å²) in [6.45, 7) is 3.83. The van der Waals surface area contributed by atoms with Gasteiger partial charge in [-0.15, -0.1) is 0 Å². The van der Waals surface area contributed by atoms with Crippen molar-refractivity contribution in [2.45, 2.75) is 20.0 Å². The second kappa shape index (κ2) is 3.77. The van der Waals surface area contributed by atoms with Crippen molar-refractivity contribution in [2.24, 2.45) is 5.73 Å². The normalized spacial score (nSPS) is 12.9. The topological polar surface area (TPSA) is 66.5 Å². The highest BCUT2D eigenvalue weighted by Crippen LogP contribution is 2.25. The Kier molecular flexibility index (Phi) is 2.90. The highest BCUT2D eigenvalue weighted by molar-refractivity contribution is 5.41. The van der Waals surface area contributed by atoms with Gasteiger partial charge >= 0.3 is 0 Å². The summed E-state index contributed by atoms with van der Waals surface area (Å²) in [5.74, 6) is 0.255. The summed E-state index contributed by atoms with van der Waals surface area (Å²) in [6.07, 6.45) is -0.640. The molecule has 1 unspecified atom stereocenters. The van der Waals surface area contributed by atoms with Crippen LogP contribution in [0.25, 0.3) is 0 Å². The standard InChI is InChI=1S/C10H15NO2/c1-6-4-9(12)7(2)3-8(6)10(13)5-11/h3-4,10,12-13H,5,11H2,1-2H3. The fourth-order valence-corrected chi connectivity index (χ4v) is 1.31. The van der Waals surface area contributed by atoms with Crippen LogP contribution in [0, 0.1) is 13.8 Å². The van der Waals surface area contributed by atoms with Crippen molar-refractivity contribution in [3.8, 4) is 5.75 Å². The van der Waals surface area contributed by atoms with Crippen molar-refractivity contribution in [1.82, 2.24) is 0 Å². The van der Waals surface area contributed by atoms with E-state index >= 15 is 0 Å². The lowest BCUT2D eigenvalue weighted by atomic mass is 10.00. The molecule has 72 valence electrons. The Bertz CT molecular complexity index is 310. The third-order valence-corrected chi connectivity index (χ3v) is 2.17. The molecular formula is C10H15NO2. The van der Waals surface area contributed by atoms with Crippen LogP contribution in [-0.2, 0) is 0 Å². The van der Waals surface area contributed by atoms with Crippen LogP contribution in [0.3, 0.4) is 0 Å². The first-order valence-corrected chi connectivity index (χ1v) is 4.24. The number of rotatable bonds is 2. The molecule has 0 saturated heterocycles. The predicted molar refractivity (Wildman–Crippen MR) is 51.6 cm³/mol. The molecule has 3 nitrogen and oxygen atoms in total. The molecule has 0 amide bonds. The third kappa shape index (κ3) is 1.99. The largest absolute Gasteiger partial charge is 0.508 e. The SMILES string of the molecule is Cc1cc(C(O)CN)c(C)cc1O. The summed E-state index contributed by atoms with van der Waals surface area (Å²) < 4.78 is 0. The van der Waals surface area contributed by atoms with Crippen LogP contribution in [0.1, 0.15) is 22.8 Å². The molecule has 0 radical (unpaired) electrons. The molecule has 0 aliphatic carbocycles. The van der Waals surface area contributed by atoms with E-state index in [2.05, 4.69) is 0 Å². The zero-order valence-electron chi connectivity index (χ0n) is 7.91. The number of benzene rings is 1. The van der Waals surface area contributed by atoms with E-state index in [0.717, 1.165) is 16.7 Å². The van der Waals surface area contributed by atoms with E-state index in [1.807, 2.05) is 6.92 Å². The first kappa shape index (κ1) is 10.0. The monoisotopic (exact) mass is 181 g/mol. The summed E-state index contributed by atoms with van der Waals surface area (Å²) in [5, 5.41) is 18.9. The minimum atomic E-state index is -0.640. The Balaban J connectivity index is 3.15. The van der Waals surface area contributed by atoms with Crippen LogP contribution in [-0.4, -0.2) is 16.8 Å². The second-order valence-electron chi connectivity index (χ2n) is 3.25. The zero-order valence-corrected chi connectivity index (χ0v) is 7.91. The number of nitrogens with two attached hydrogens (primary N) is 1. The zero-order chi connectivity index (χ0) is 10.0. The fraction of sp³-hybridized carbons (Fsp3) is 0.400. The number of aliphatic hydroxyl groups excluding tert-OH is 1. The van der Waals surface area contributed by atoms with Crippen molar-refractivity contribution < 1.29 is 10.2 Å². The van der Waals surface area contributed by atoms with Crippen molar-refractivity contribution >= 4 is 0 Å². The Morgan fingerprint density at radius 2 is 1.92 bits per heavy atom. The van der Waals surface area contributed by atoms with Gasteiger partial charge in [-0.2, -0.15) is 0 Å². The van der Waals surface area contributed by atoms with Crippen LogP contribution in [0.2, 0.25) is 0 Å². The number of phenolic OH excluding ortho intramolecular Hbond substituents is 1. The smallest absolute Gasteiger partial charge is 0.118 e. The lowest BCUT2D eigenvalue weighted by molar-refractivity contribution is 0.186. The number of aromatic hydroxyl groups is 1. The molecular weight excluding hydrogens is 166 g/mol. The van der Waals surface area contributed by atoms with Gasteiger partial charge in [0, 0.05) is 6.54 Å². The van der Waals surface area contributed by atoms with E-state index in [4.69, 9.17) is 5.73 Å². The molecule has 0 aromatic heterocycles. The first-order chi connectivity index (χ1) is 6.06. The van der Waals surface area contributed by atoms with Gasteiger partial charge < -0.3 is 15.9 Å². The van der Waals surface area contributed by atoms with Gasteiger partial charge in [0.25, 0.3) is 0 Å². The van der Waals surface area contributed by atoms with Gasteiger partial charge in [-0.3, -0.25) is 0 Å². The van der Waals surface area contributed by atoms with Gasteiger partial charge in [0.15, 0.2) is 0 Å². The Labute approximate surface area is 77.8 Å². The molecule has 3 heteroatoms. The van der Waals surface area contributed by atoms with Gasteiger partial charge in [0.05, 0.1) is 6.10 Å². The fourth-order valence-electron chi connectivity index (χ4n) is 1.31. The van der Waals surface area contributed by atoms with Gasteiger partial charge in [-0.1, -0.05) is 0 Å². The number of hydrogen-bond donors (Lipinski definition) is 3. The van der Waals surface area contributed by atoms with E-state index in [0.29, 0.717) is 0 Å². The molecule has 1 aromatic rings. The number of hydrogen-bond acceptors (Lipinski definition) is 3. The molecule has 1 atom stereocenters. The van der Waals surface area contributed by atoms with Crippen molar-refractivity contribution in [3.63, 3.8) is 0 Å². The summed E-state index contributed by atoms with van der Waals surface area (Å²) in [7, 11) is 0. The summed E-state index contributed by atoms with van der Waals surface area (Å²) >= 11 is 0. The van der Waals surface area contributed by atoms with E-state index in [9.17, 15) is 10.2 Å². The minimum Gasteiger partial charge on any atom is -0.508 e. The van der Waals surface area contributed by atoms with Crippen LogP contribution in [0.15, 0.2) is 12.1 Å². The second-order valence-corrected chi connectivity index (χ2v) is 3.25. The summed E-state index contributed by atoms with van der Waals surface area (Å²) in [5.41, 5.74) is 7.76. The first-order valence-electron chi connectivity index (χ1n) is 4.24. The highest BCUT2D eigenvalue weighted by Gasteiger charge is 2.10. The molecule has 13 heavy (non-hydrogen) atoms. The van der Waals surface area contributed by atoms with Crippen LogP contribution >= 0.6 is 0 Å². The summed E-state index contributed by atoms with van der Waals surface area (Å²) in [6, 6.07) is 3.41. The molecule has 1 rings (SSSR count). The van der Waals surface area contributed by atoms with Crippen molar-refractivity contribution in [3.05, 3.63) is 28.8 Å². The molecule has 0 spiro atoms. The lowest BCUT2D eigenvalue weighted by Gasteiger charge is -2.13. The highest BCUT2D eigenvalue weighted by atomic mass is 16.3. The molecule has 0 fully saturated rings. The molecule has 0 saturated carbocycles. The van der Waals surface area contributed by atoms with E-state index < -0.39 is 6.10 Å². The predicted octanol–water partition coefficient (Wildman–Crippen LogP) is 1.00. The molecule has 0 bridgehead atoms. The van der Waals surface area contributed by atoms with E-state index in [-0.39, 0.29) is 12.3 Å². The quantitative estimate of drug-likeness (QED) is 0.637. The average molecular weight is 181 g/mol. The number of aryl methyl sites for hydroxylation is 2. The van der Waals surface area contributed by atoms with Crippen molar-refractivity contribution in [2.75, 3.05) is 6.54 Å². The van der Waals surface area contributed by atoms with Crippen molar-refractivity contribution in [1.29, 1.82) is 0 Å². The Morgan fingerprint density at radius 3 is 2.46 bits per heavy atom. The molecule has 0 heterocycles. The maximum atomic E-state index is 9.52. The van der Waals surface area contributed by atoms with Crippen LogP contribution < -0.4 is 5.73 Å². The Morgan fingerprint density at radius 1 is 1.31 bits per heavy atom. The maximum absolute atomic E-state index is 9.52. The number of aliphatic hydroxyl groups is 1. The molecule has 0 aliphatic heterocycles. The molecule has 1 aromatic carbocycles.